The third-order valence-corrected chi connectivity index (χ3v) is 5.60. The third-order valence-electron chi connectivity index (χ3n) is 4.48. The molecule has 12 heteroatoms. The molecule has 0 unspecified atom stereocenters. The minimum absolute atomic E-state index is 0. The molecule has 2 amide bonds. The van der Waals surface area contributed by atoms with Gasteiger partial charge in [-0.3, -0.25) is 9.59 Å². The molecular formula is C18H22ClN5O5S. The van der Waals surface area contributed by atoms with Crippen LogP contribution >= 0.6 is 12.4 Å². The number of halogens is 1. The predicted molar refractivity (Wildman–Crippen MR) is 114 cm³/mol. The Morgan fingerprint density at radius 2 is 1.77 bits per heavy atom. The molecule has 0 bridgehead atoms. The van der Waals surface area contributed by atoms with Gasteiger partial charge in [0, 0.05) is 38.0 Å². The normalized spacial score (nSPS) is 14.0. The highest BCUT2D eigenvalue weighted by Crippen LogP contribution is 2.28. The molecule has 0 saturated carbocycles. The van der Waals surface area contributed by atoms with Crippen molar-refractivity contribution in [3.8, 4) is 0 Å². The predicted octanol–water partition coefficient (Wildman–Crippen LogP) is 0.481. The Morgan fingerprint density at radius 3 is 2.30 bits per heavy atom. The van der Waals surface area contributed by atoms with Crippen molar-refractivity contribution < 1.29 is 22.4 Å². The Hall–Kier alpha value is -3.05. The van der Waals surface area contributed by atoms with Crippen LogP contribution in [0.25, 0.3) is 0 Å². The van der Waals surface area contributed by atoms with E-state index in [0.29, 0.717) is 31.9 Å². The van der Waals surface area contributed by atoms with Gasteiger partial charge in [-0.25, -0.2) is 8.42 Å². The topological polar surface area (TPSA) is 152 Å². The first-order chi connectivity index (χ1) is 13.7. The molecule has 1 aromatic carbocycles. The van der Waals surface area contributed by atoms with Gasteiger partial charge in [0.25, 0.3) is 11.8 Å². The second kappa shape index (κ2) is 9.18. The lowest BCUT2D eigenvalue weighted by Gasteiger charge is -2.36. The molecule has 2 aromatic rings. The van der Waals surface area contributed by atoms with Crippen molar-refractivity contribution in [3.05, 3.63) is 47.9 Å². The van der Waals surface area contributed by atoms with Gasteiger partial charge in [-0.1, -0.05) is 0 Å². The Balaban J connectivity index is 0.00000320. The summed E-state index contributed by atoms with van der Waals surface area (Å²) in [6.45, 7) is 1.65. The van der Waals surface area contributed by atoms with Crippen LogP contribution in [0.2, 0.25) is 0 Å². The fourth-order valence-electron chi connectivity index (χ4n) is 3.09. The number of nitrogens with zero attached hydrogens (tertiary/aromatic N) is 3. The van der Waals surface area contributed by atoms with Crippen LogP contribution in [0.15, 0.2) is 50.9 Å². The Morgan fingerprint density at radius 1 is 1.10 bits per heavy atom. The highest BCUT2D eigenvalue weighted by molar-refractivity contribution is 7.90. The zero-order valence-corrected chi connectivity index (χ0v) is 17.8. The van der Waals surface area contributed by atoms with Gasteiger partial charge < -0.3 is 25.7 Å². The number of nitrogens with two attached hydrogens (primary N) is 2. The largest absolute Gasteiger partial charge is 0.459 e. The van der Waals surface area contributed by atoms with Gasteiger partial charge in [0.05, 0.1) is 16.8 Å². The Labute approximate surface area is 179 Å². The van der Waals surface area contributed by atoms with E-state index >= 15 is 0 Å². The zero-order valence-electron chi connectivity index (χ0n) is 16.1. The number of sulfone groups is 1. The van der Waals surface area contributed by atoms with Crippen molar-refractivity contribution in [1.82, 2.24) is 4.90 Å². The molecule has 1 aromatic heterocycles. The summed E-state index contributed by atoms with van der Waals surface area (Å²) in [6, 6.07) is 7.53. The minimum Gasteiger partial charge on any atom is -0.459 e. The Bertz CT molecular complexity index is 1060. The fourth-order valence-corrected chi connectivity index (χ4v) is 4.01. The third kappa shape index (κ3) is 5.10. The van der Waals surface area contributed by atoms with Crippen molar-refractivity contribution >= 4 is 45.7 Å². The van der Waals surface area contributed by atoms with Gasteiger partial charge in [-0.15, -0.1) is 12.4 Å². The van der Waals surface area contributed by atoms with Crippen LogP contribution in [0.4, 0.5) is 5.69 Å². The molecule has 4 N–H and O–H groups in total. The molecule has 30 heavy (non-hydrogen) atoms. The van der Waals surface area contributed by atoms with E-state index in [4.69, 9.17) is 15.9 Å². The van der Waals surface area contributed by atoms with Crippen molar-refractivity contribution in [2.75, 3.05) is 37.3 Å². The summed E-state index contributed by atoms with van der Waals surface area (Å²) in [6.07, 6.45) is 2.50. The highest BCUT2D eigenvalue weighted by atomic mass is 35.5. The van der Waals surface area contributed by atoms with Gasteiger partial charge in [0.1, 0.15) is 0 Å². The number of carbonyl (C=O) groups excluding carboxylic acids is 2. The first-order valence-electron chi connectivity index (χ1n) is 8.72. The van der Waals surface area contributed by atoms with Crippen LogP contribution in [-0.2, 0) is 9.84 Å². The van der Waals surface area contributed by atoms with E-state index in [1.54, 1.807) is 23.1 Å². The monoisotopic (exact) mass is 455 g/mol. The van der Waals surface area contributed by atoms with Crippen LogP contribution in [0.3, 0.4) is 0 Å². The van der Waals surface area contributed by atoms with E-state index in [9.17, 15) is 18.0 Å². The SMILES string of the molecule is CS(=O)(=O)c1cc(C(=O)N=C(N)N)ccc1N1CCN(C(=O)c2ccco2)CC1.Cl. The number of hydrogen-bond acceptors (Lipinski definition) is 6. The van der Waals surface area contributed by atoms with Crippen LogP contribution in [0.1, 0.15) is 20.9 Å². The standard InChI is InChI=1S/C18H21N5O5S.ClH/c1-29(26,27)15-11-12(16(24)21-18(19)20)4-5-13(15)22-6-8-23(9-7-22)17(25)14-3-2-10-28-14;/h2-5,10-11H,6-9H2,1H3,(H4,19,20,21,24);1H. The molecule has 3 rings (SSSR count). The number of guanidine groups is 1. The summed E-state index contributed by atoms with van der Waals surface area (Å²) in [5.74, 6) is -1.08. The van der Waals surface area contributed by atoms with Gasteiger partial charge >= 0.3 is 0 Å². The second-order valence-electron chi connectivity index (χ2n) is 6.55. The van der Waals surface area contributed by atoms with Crippen LogP contribution in [0.5, 0.6) is 0 Å². The van der Waals surface area contributed by atoms with Gasteiger partial charge in [0.15, 0.2) is 21.6 Å². The highest BCUT2D eigenvalue weighted by Gasteiger charge is 2.27. The molecule has 0 radical (unpaired) electrons. The van der Waals surface area contributed by atoms with Crippen LogP contribution in [0, 0.1) is 0 Å². The van der Waals surface area contributed by atoms with Gasteiger partial charge in [0.2, 0.25) is 0 Å². The fraction of sp³-hybridized carbons (Fsp3) is 0.278. The number of hydrogen-bond donors (Lipinski definition) is 2. The number of furan rings is 1. The first-order valence-corrected chi connectivity index (χ1v) is 10.6. The summed E-state index contributed by atoms with van der Waals surface area (Å²) in [5, 5.41) is 0. The smallest absolute Gasteiger partial charge is 0.289 e. The molecule has 162 valence electrons. The summed E-state index contributed by atoms with van der Waals surface area (Å²) in [4.78, 5) is 31.4. The lowest BCUT2D eigenvalue weighted by Crippen LogP contribution is -2.49. The van der Waals surface area contributed by atoms with Crippen LogP contribution in [-0.4, -0.2) is 63.5 Å². The lowest BCUT2D eigenvalue weighted by atomic mass is 10.1. The molecule has 1 aliphatic heterocycles. The summed E-state index contributed by atoms with van der Waals surface area (Å²) < 4.78 is 29.8. The Kier molecular flexibility index (Phi) is 7.11. The summed E-state index contributed by atoms with van der Waals surface area (Å²) in [7, 11) is -3.63. The van der Waals surface area contributed by atoms with E-state index in [-0.39, 0.29) is 34.5 Å². The first kappa shape index (κ1) is 23.2. The lowest BCUT2D eigenvalue weighted by molar-refractivity contribution is 0.0714. The second-order valence-corrected chi connectivity index (χ2v) is 8.54. The molecule has 0 spiro atoms. The molecule has 2 heterocycles. The average molecular weight is 456 g/mol. The molecule has 10 nitrogen and oxygen atoms in total. The number of benzene rings is 1. The minimum atomic E-state index is -3.63. The number of carbonyl (C=O) groups is 2. The number of anilines is 1. The van der Waals surface area contributed by atoms with E-state index in [1.807, 2.05) is 4.90 Å². The summed E-state index contributed by atoms with van der Waals surface area (Å²) in [5.41, 5.74) is 11.0. The van der Waals surface area contributed by atoms with Crippen molar-refractivity contribution in [2.24, 2.45) is 16.5 Å². The number of amides is 2. The van der Waals surface area contributed by atoms with E-state index < -0.39 is 21.7 Å². The average Bonchev–Trinajstić information content (AvgIpc) is 3.20. The van der Waals surface area contributed by atoms with E-state index in [0.717, 1.165) is 6.26 Å². The molecule has 1 fully saturated rings. The number of aliphatic imine (C=N–C) groups is 1. The maximum atomic E-state index is 12.4. The number of rotatable bonds is 4. The van der Waals surface area contributed by atoms with E-state index in [2.05, 4.69) is 4.99 Å². The molecule has 0 aliphatic carbocycles. The van der Waals surface area contributed by atoms with Gasteiger partial charge in [-0.05, 0) is 30.3 Å². The number of piperazine rings is 1. The van der Waals surface area contributed by atoms with Crippen LogP contribution < -0.4 is 16.4 Å². The maximum absolute atomic E-state index is 12.4. The van der Waals surface area contributed by atoms with Crippen molar-refractivity contribution in [3.63, 3.8) is 0 Å². The molecule has 1 aliphatic rings. The molecular weight excluding hydrogens is 434 g/mol. The molecule has 0 atom stereocenters. The zero-order chi connectivity index (χ0) is 21.2. The summed E-state index contributed by atoms with van der Waals surface area (Å²) >= 11 is 0. The van der Waals surface area contributed by atoms with Crippen molar-refractivity contribution in [1.29, 1.82) is 0 Å². The van der Waals surface area contributed by atoms with E-state index in [1.165, 1.54) is 18.4 Å². The molecule has 1 saturated heterocycles. The maximum Gasteiger partial charge on any atom is 0.289 e. The van der Waals surface area contributed by atoms with Crippen molar-refractivity contribution in [2.45, 2.75) is 4.90 Å². The van der Waals surface area contributed by atoms with Gasteiger partial charge in [-0.2, -0.15) is 4.99 Å². The quantitative estimate of drug-likeness (QED) is 0.498.